The molecule has 1 amide bonds. The summed E-state index contributed by atoms with van der Waals surface area (Å²) in [4.78, 5) is 13.6. The van der Waals surface area contributed by atoms with Gasteiger partial charge in [-0.25, -0.2) is 0 Å². The zero-order valence-corrected chi connectivity index (χ0v) is 12.1. The molecule has 1 fully saturated rings. The van der Waals surface area contributed by atoms with Gasteiger partial charge in [-0.1, -0.05) is 6.92 Å². The third-order valence-corrected chi connectivity index (χ3v) is 4.34. The molecule has 0 bridgehead atoms. The molecular weight excluding hydrogens is 297 g/mol. The summed E-state index contributed by atoms with van der Waals surface area (Å²) in [6.45, 7) is 3.19. The molecule has 7 heteroatoms. The lowest BCUT2D eigenvalue weighted by molar-refractivity contribution is -0.138. The Balaban J connectivity index is 1.93. The minimum Gasteiger partial charge on any atom is -0.391 e. The number of aliphatic hydroxyl groups is 1. The lowest BCUT2D eigenvalue weighted by Gasteiger charge is -2.18. The molecule has 120 valence electrons. The van der Waals surface area contributed by atoms with Crippen molar-refractivity contribution in [1.29, 1.82) is 0 Å². The molecule has 0 spiro atoms. The number of hydrogen-bond acceptors (Lipinski definition) is 3. The van der Waals surface area contributed by atoms with Crippen LogP contribution in [0.4, 0.5) is 13.2 Å². The van der Waals surface area contributed by atoms with Crippen LogP contribution in [0.2, 0.25) is 0 Å². The first kappa shape index (κ1) is 15.3. The van der Waals surface area contributed by atoms with E-state index in [0.717, 1.165) is 6.07 Å². The molecule has 2 aliphatic heterocycles. The Morgan fingerprint density at radius 3 is 2.68 bits per heavy atom. The summed E-state index contributed by atoms with van der Waals surface area (Å²) in [6.07, 6.45) is -4.94. The molecule has 1 aromatic carbocycles. The normalized spacial score (nSPS) is 25.4. The maximum atomic E-state index is 13.2. The Bertz CT molecular complexity index is 606. The Kier molecular flexibility index (Phi) is 3.65. The molecule has 2 heterocycles. The van der Waals surface area contributed by atoms with E-state index in [1.165, 1.54) is 6.07 Å². The number of likely N-dealkylation sites (tertiary alicyclic amines) is 1. The topological polar surface area (TPSA) is 52.6 Å². The highest BCUT2D eigenvalue weighted by Crippen LogP contribution is 2.36. The largest absolute Gasteiger partial charge is 0.416 e. The van der Waals surface area contributed by atoms with Crippen LogP contribution in [0.25, 0.3) is 0 Å². The van der Waals surface area contributed by atoms with Gasteiger partial charge in [-0.2, -0.15) is 13.2 Å². The van der Waals surface area contributed by atoms with E-state index >= 15 is 0 Å². The number of aliphatic hydroxyl groups excluding tert-OH is 1. The van der Waals surface area contributed by atoms with Crippen molar-refractivity contribution in [3.05, 3.63) is 34.4 Å². The summed E-state index contributed by atoms with van der Waals surface area (Å²) in [5.41, 5.74) is -0.163. The van der Waals surface area contributed by atoms with E-state index in [-0.39, 0.29) is 23.6 Å². The highest BCUT2D eigenvalue weighted by Gasteiger charge is 2.38. The number of carbonyl (C=O) groups is 1. The average Bonchev–Trinajstić information content (AvgIpc) is 2.92. The van der Waals surface area contributed by atoms with Crippen molar-refractivity contribution in [1.82, 2.24) is 10.2 Å². The van der Waals surface area contributed by atoms with Crippen LogP contribution in [0, 0.1) is 5.92 Å². The number of rotatable bonds is 2. The summed E-state index contributed by atoms with van der Waals surface area (Å²) in [5.74, 6) is -0.364. The number of β-amino-alcohol motifs (C(OH)–C–C–N with tert-alkyl or cyclic N) is 1. The van der Waals surface area contributed by atoms with Crippen molar-refractivity contribution in [3.8, 4) is 0 Å². The number of amides is 1. The molecule has 0 saturated carbocycles. The molecule has 0 unspecified atom stereocenters. The molecule has 22 heavy (non-hydrogen) atoms. The second-order valence-corrected chi connectivity index (χ2v) is 6.09. The number of carbonyl (C=O) groups excluding carboxylic acids is 1. The second kappa shape index (κ2) is 5.24. The Hall–Kier alpha value is -1.60. The predicted octanol–water partition coefficient (Wildman–Crippen LogP) is 1.76. The summed E-state index contributed by atoms with van der Waals surface area (Å²) in [6, 6.07) is 2.65. The van der Waals surface area contributed by atoms with Crippen LogP contribution in [-0.2, 0) is 19.3 Å². The molecule has 2 N–H and O–H groups in total. The van der Waals surface area contributed by atoms with E-state index in [9.17, 15) is 23.1 Å². The highest BCUT2D eigenvalue weighted by atomic mass is 19.4. The first-order valence-electron chi connectivity index (χ1n) is 7.17. The maximum Gasteiger partial charge on any atom is 0.416 e. The van der Waals surface area contributed by atoms with Crippen LogP contribution in [0.15, 0.2) is 12.1 Å². The highest BCUT2D eigenvalue weighted by molar-refractivity contribution is 5.99. The Morgan fingerprint density at radius 1 is 1.36 bits per heavy atom. The number of benzene rings is 1. The van der Waals surface area contributed by atoms with Gasteiger partial charge in [-0.05, 0) is 29.2 Å². The fraction of sp³-hybridized carbons (Fsp3) is 0.533. The van der Waals surface area contributed by atoms with Crippen LogP contribution >= 0.6 is 0 Å². The minimum absolute atomic E-state index is 0.0241. The van der Waals surface area contributed by atoms with E-state index in [1.807, 2.05) is 11.8 Å². The quantitative estimate of drug-likeness (QED) is 0.875. The number of alkyl halides is 3. The molecular formula is C15H17F3N2O2. The molecule has 0 aliphatic carbocycles. The number of nitrogens with one attached hydrogen (secondary N) is 1. The van der Waals surface area contributed by atoms with Gasteiger partial charge in [0.1, 0.15) is 0 Å². The van der Waals surface area contributed by atoms with Gasteiger partial charge >= 0.3 is 6.18 Å². The van der Waals surface area contributed by atoms with Gasteiger partial charge in [-0.15, -0.1) is 0 Å². The SMILES string of the molecule is C[C@H]1CN(Cc2cc3c(c(C(F)(F)F)c2)CNC3=O)C[C@@H]1O. The molecule has 2 atom stereocenters. The number of nitrogens with zero attached hydrogens (tertiary/aromatic N) is 1. The van der Waals surface area contributed by atoms with Crippen LogP contribution in [-0.4, -0.2) is 35.1 Å². The van der Waals surface area contributed by atoms with E-state index < -0.39 is 23.8 Å². The predicted molar refractivity (Wildman–Crippen MR) is 73.1 cm³/mol. The Morgan fingerprint density at radius 2 is 2.09 bits per heavy atom. The maximum absolute atomic E-state index is 13.2. The molecule has 1 saturated heterocycles. The van der Waals surface area contributed by atoms with Gasteiger partial charge in [0.15, 0.2) is 0 Å². The lowest BCUT2D eigenvalue weighted by Crippen LogP contribution is -2.22. The molecule has 2 aliphatic rings. The smallest absolute Gasteiger partial charge is 0.391 e. The number of hydrogen-bond donors (Lipinski definition) is 2. The van der Waals surface area contributed by atoms with Crippen molar-refractivity contribution >= 4 is 5.91 Å². The summed E-state index contributed by atoms with van der Waals surface area (Å²) >= 11 is 0. The van der Waals surface area contributed by atoms with E-state index in [2.05, 4.69) is 5.32 Å². The molecule has 0 radical (unpaired) electrons. The molecule has 3 rings (SSSR count). The molecule has 1 aromatic rings. The monoisotopic (exact) mass is 314 g/mol. The van der Waals surface area contributed by atoms with Gasteiger partial charge in [0.25, 0.3) is 5.91 Å². The van der Waals surface area contributed by atoms with E-state index in [0.29, 0.717) is 25.2 Å². The zero-order chi connectivity index (χ0) is 16.1. The fourth-order valence-electron chi connectivity index (χ4n) is 3.17. The second-order valence-electron chi connectivity index (χ2n) is 6.09. The minimum atomic E-state index is -4.48. The van der Waals surface area contributed by atoms with Crippen LogP contribution in [0.1, 0.15) is 34.0 Å². The Labute approximate surface area is 125 Å². The zero-order valence-electron chi connectivity index (χ0n) is 12.1. The van der Waals surface area contributed by atoms with Gasteiger partial charge in [0.2, 0.25) is 0 Å². The van der Waals surface area contributed by atoms with Gasteiger partial charge in [0, 0.05) is 31.7 Å². The summed E-state index contributed by atoms with van der Waals surface area (Å²) < 4.78 is 39.6. The van der Waals surface area contributed by atoms with E-state index in [1.54, 1.807) is 0 Å². The average molecular weight is 314 g/mol. The van der Waals surface area contributed by atoms with Crippen molar-refractivity contribution in [3.63, 3.8) is 0 Å². The van der Waals surface area contributed by atoms with Crippen molar-refractivity contribution < 1.29 is 23.1 Å². The summed E-state index contributed by atoms with van der Waals surface area (Å²) in [7, 11) is 0. The van der Waals surface area contributed by atoms with E-state index in [4.69, 9.17) is 0 Å². The molecule has 4 nitrogen and oxygen atoms in total. The van der Waals surface area contributed by atoms with Crippen molar-refractivity contribution in [2.45, 2.75) is 32.3 Å². The lowest BCUT2D eigenvalue weighted by atomic mass is 9.98. The number of fused-ring (bicyclic) bond motifs is 1. The van der Waals surface area contributed by atoms with Gasteiger partial charge in [0.05, 0.1) is 11.7 Å². The van der Waals surface area contributed by atoms with Gasteiger partial charge in [-0.3, -0.25) is 9.69 Å². The molecule has 0 aromatic heterocycles. The third-order valence-electron chi connectivity index (χ3n) is 4.34. The number of halogens is 3. The van der Waals surface area contributed by atoms with Crippen LogP contribution in [0.3, 0.4) is 0 Å². The fourth-order valence-corrected chi connectivity index (χ4v) is 3.17. The van der Waals surface area contributed by atoms with Crippen molar-refractivity contribution in [2.75, 3.05) is 13.1 Å². The van der Waals surface area contributed by atoms with Crippen molar-refractivity contribution in [2.24, 2.45) is 5.92 Å². The van der Waals surface area contributed by atoms with Crippen LogP contribution in [0.5, 0.6) is 0 Å². The summed E-state index contributed by atoms with van der Waals surface area (Å²) in [5, 5.41) is 12.2. The standard InChI is InChI=1S/C15H17F3N2O2/c1-8-5-20(7-13(8)21)6-9-2-10-11(4-19-14(10)22)12(3-9)15(16,17)18/h2-3,8,13,21H,4-7H2,1H3,(H,19,22)/t8-,13-/m0/s1. The van der Waals surface area contributed by atoms with Gasteiger partial charge < -0.3 is 10.4 Å². The first-order chi connectivity index (χ1) is 10.3. The third kappa shape index (κ3) is 2.70. The van der Waals surface area contributed by atoms with Crippen LogP contribution < -0.4 is 5.32 Å². The first-order valence-corrected chi connectivity index (χ1v) is 7.17.